The van der Waals surface area contributed by atoms with Crippen LogP contribution in [0.2, 0.25) is 5.02 Å². The minimum Gasteiger partial charge on any atom is -0.497 e. The van der Waals surface area contributed by atoms with E-state index in [0.29, 0.717) is 18.1 Å². The Kier molecular flexibility index (Phi) is 6.58. The van der Waals surface area contributed by atoms with Crippen molar-refractivity contribution in [2.24, 2.45) is 0 Å². The molecule has 1 heterocycles. The summed E-state index contributed by atoms with van der Waals surface area (Å²) in [6, 6.07) is 13.5. The number of likely N-dealkylation sites (tertiary alicyclic amines) is 1. The van der Waals surface area contributed by atoms with Crippen molar-refractivity contribution in [2.75, 3.05) is 27.3 Å². The molecule has 1 atom stereocenters. The molecule has 27 heavy (non-hydrogen) atoms. The van der Waals surface area contributed by atoms with Crippen LogP contribution in [0, 0.1) is 0 Å². The number of methoxy groups -OCH3 is 2. The van der Waals surface area contributed by atoms with Crippen LogP contribution in [-0.2, 0) is 11.3 Å². The van der Waals surface area contributed by atoms with Gasteiger partial charge in [-0.2, -0.15) is 0 Å². The molecule has 0 spiro atoms. The molecule has 0 unspecified atom stereocenters. The normalized spacial score (nSPS) is 16.9. The molecule has 1 saturated heterocycles. The van der Waals surface area contributed by atoms with Gasteiger partial charge in [-0.1, -0.05) is 23.7 Å². The number of halogens is 1. The molecule has 1 amide bonds. The predicted octanol–water partition coefficient (Wildman–Crippen LogP) is 3.81. The Morgan fingerprint density at radius 3 is 2.67 bits per heavy atom. The Morgan fingerprint density at radius 1 is 1.19 bits per heavy atom. The van der Waals surface area contributed by atoms with Gasteiger partial charge in [0, 0.05) is 23.2 Å². The third-order valence-corrected chi connectivity index (χ3v) is 5.16. The van der Waals surface area contributed by atoms with Crippen LogP contribution in [0.25, 0.3) is 0 Å². The summed E-state index contributed by atoms with van der Waals surface area (Å²) in [5.74, 6) is 1.64. The zero-order valence-corrected chi connectivity index (χ0v) is 16.5. The molecule has 0 aliphatic carbocycles. The lowest BCUT2D eigenvalue weighted by Gasteiger charge is -2.26. The number of hydrogen-bond donors (Lipinski definition) is 1. The minimum atomic E-state index is 0.0127. The van der Waals surface area contributed by atoms with Crippen molar-refractivity contribution in [3.8, 4) is 11.5 Å². The summed E-state index contributed by atoms with van der Waals surface area (Å²) in [4.78, 5) is 14.7. The monoisotopic (exact) mass is 388 g/mol. The van der Waals surface area contributed by atoms with Crippen LogP contribution in [0.15, 0.2) is 42.5 Å². The fourth-order valence-electron chi connectivity index (χ4n) is 3.51. The quantitative estimate of drug-likeness (QED) is 0.783. The summed E-state index contributed by atoms with van der Waals surface area (Å²) in [6.07, 6.45) is 2.05. The fourth-order valence-corrected chi connectivity index (χ4v) is 3.64. The highest BCUT2D eigenvalue weighted by molar-refractivity contribution is 6.30. The summed E-state index contributed by atoms with van der Waals surface area (Å²) in [5.41, 5.74) is 2.10. The van der Waals surface area contributed by atoms with Gasteiger partial charge >= 0.3 is 0 Å². The Morgan fingerprint density at radius 2 is 1.96 bits per heavy atom. The number of nitrogens with zero attached hydrogens (tertiary/aromatic N) is 1. The van der Waals surface area contributed by atoms with Crippen LogP contribution in [0.4, 0.5) is 0 Å². The van der Waals surface area contributed by atoms with Crippen LogP contribution < -0.4 is 14.8 Å². The smallest absolute Gasteiger partial charge is 0.234 e. The lowest BCUT2D eigenvalue weighted by Crippen LogP contribution is -2.36. The first kappa shape index (κ1) is 19.5. The second-order valence-corrected chi connectivity index (χ2v) is 7.08. The van der Waals surface area contributed by atoms with E-state index in [4.69, 9.17) is 21.1 Å². The maximum absolute atomic E-state index is 12.5. The summed E-state index contributed by atoms with van der Waals surface area (Å²) in [6.45, 7) is 1.75. The van der Waals surface area contributed by atoms with Gasteiger partial charge in [-0.25, -0.2) is 0 Å². The molecule has 5 nitrogen and oxygen atoms in total. The molecule has 1 aliphatic heterocycles. The van der Waals surface area contributed by atoms with E-state index in [1.54, 1.807) is 14.2 Å². The second-order valence-electron chi connectivity index (χ2n) is 6.64. The van der Waals surface area contributed by atoms with Gasteiger partial charge in [-0.05, 0) is 55.3 Å². The third kappa shape index (κ3) is 4.93. The fraction of sp³-hybridized carbons (Fsp3) is 0.381. The lowest BCUT2D eigenvalue weighted by molar-refractivity contribution is -0.122. The van der Waals surface area contributed by atoms with E-state index in [1.165, 1.54) is 0 Å². The van der Waals surface area contributed by atoms with E-state index < -0.39 is 0 Å². The molecule has 2 aromatic rings. The zero-order chi connectivity index (χ0) is 19.2. The summed E-state index contributed by atoms with van der Waals surface area (Å²) >= 11 is 5.90. The second kappa shape index (κ2) is 9.11. The van der Waals surface area contributed by atoms with Gasteiger partial charge in [-0.15, -0.1) is 0 Å². The van der Waals surface area contributed by atoms with Crippen molar-refractivity contribution in [3.63, 3.8) is 0 Å². The summed E-state index contributed by atoms with van der Waals surface area (Å²) < 4.78 is 10.9. The van der Waals surface area contributed by atoms with Crippen LogP contribution >= 0.6 is 11.6 Å². The van der Waals surface area contributed by atoms with E-state index in [1.807, 2.05) is 42.5 Å². The van der Waals surface area contributed by atoms with Crippen molar-refractivity contribution in [3.05, 3.63) is 58.6 Å². The van der Waals surface area contributed by atoms with Gasteiger partial charge in [0.2, 0.25) is 5.91 Å². The van der Waals surface area contributed by atoms with Crippen LogP contribution in [0.3, 0.4) is 0 Å². The van der Waals surface area contributed by atoms with Crippen molar-refractivity contribution in [2.45, 2.75) is 25.4 Å². The molecule has 1 N–H and O–H groups in total. The maximum Gasteiger partial charge on any atom is 0.234 e. The number of carbonyl (C=O) groups excluding carboxylic acids is 1. The van der Waals surface area contributed by atoms with Gasteiger partial charge in [0.25, 0.3) is 0 Å². The number of ether oxygens (including phenoxy) is 2. The van der Waals surface area contributed by atoms with E-state index in [0.717, 1.165) is 42.0 Å². The Labute approximate surface area is 165 Å². The highest BCUT2D eigenvalue weighted by atomic mass is 35.5. The molecule has 0 bridgehead atoms. The number of hydrogen-bond acceptors (Lipinski definition) is 4. The summed E-state index contributed by atoms with van der Waals surface area (Å²) in [5, 5.41) is 3.68. The molecular weight excluding hydrogens is 364 g/mol. The van der Waals surface area contributed by atoms with E-state index >= 15 is 0 Å². The number of amides is 1. The molecule has 1 fully saturated rings. The third-order valence-electron chi connectivity index (χ3n) is 4.91. The Bertz CT molecular complexity index is 779. The van der Waals surface area contributed by atoms with Gasteiger partial charge in [0.15, 0.2) is 0 Å². The zero-order valence-electron chi connectivity index (χ0n) is 15.7. The summed E-state index contributed by atoms with van der Waals surface area (Å²) in [7, 11) is 3.33. The van der Waals surface area contributed by atoms with Crippen LogP contribution in [0.1, 0.15) is 30.0 Å². The molecule has 0 radical (unpaired) electrons. The average molecular weight is 389 g/mol. The molecule has 0 aromatic heterocycles. The van der Waals surface area contributed by atoms with Crippen molar-refractivity contribution in [1.82, 2.24) is 10.2 Å². The van der Waals surface area contributed by atoms with Crippen LogP contribution in [0.5, 0.6) is 11.5 Å². The molecule has 6 heteroatoms. The first-order valence-electron chi connectivity index (χ1n) is 9.08. The van der Waals surface area contributed by atoms with Gasteiger partial charge in [0.05, 0.1) is 20.8 Å². The first-order valence-corrected chi connectivity index (χ1v) is 9.45. The number of benzene rings is 2. The van der Waals surface area contributed by atoms with E-state index in [-0.39, 0.29) is 11.9 Å². The molecule has 2 aromatic carbocycles. The van der Waals surface area contributed by atoms with Crippen molar-refractivity contribution in [1.29, 1.82) is 0 Å². The highest BCUT2D eigenvalue weighted by Gasteiger charge is 2.30. The average Bonchev–Trinajstić information content (AvgIpc) is 3.14. The number of carbonyl (C=O) groups is 1. The largest absolute Gasteiger partial charge is 0.497 e. The SMILES string of the molecule is COc1ccc(OC)c([C@@H]2CCCN2CC(=O)NCc2ccc(Cl)cc2)c1. The van der Waals surface area contributed by atoms with Gasteiger partial charge in [0.1, 0.15) is 11.5 Å². The first-order chi connectivity index (χ1) is 13.1. The minimum absolute atomic E-state index is 0.0127. The molecule has 3 rings (SSSR count). The molecule has 0 saturated carbocycles. The van der Waals surface area contributed by atoms with E-state index in [9.17, 15) is 4.79 Å². The number of rotatable bonds is 7. The van der Waals surface area contributed by atoms with Gasteiger partial charge in [-0.3, -0.25) is 9.69 Å². The molecule has 144 valence electrons. The number of nitrogens with one attached hydrogen (secondary N) is 1. The highest BCUT2D eigenvalue weighted by Crippen LogP contribution is 2.38. The molecule has 1 aliphatic rings. The Balaban J connectivity index is 1.64. The predicted molar refractivity (Wildman–Crippen MR) is 106 cm³/mol. The maximum atomic E-state index is 12.5. The Hall–Kier alpha value is -2.24. The topological polar surface area (TPSA) is 50.8 Å². The molecular formula is C21H25ClN2O3. The standard InChI is InChI=1S/C21H25ClN2O3/c1-26-17-9-10-20(27-2)18(12-17)19-4-3-11-24(19)14-21(25)23-13-15-5-7-16(22)8-6-15/h5-10,12,19H,3-4,11,13-14H2,1-2H3,(H,23,25)/t19-/m0/s1. The van der Waals surface area contributed by atoms with Crippen LogP contribution in [-0.4, -0.2) is 38.1 Å². The lowest BCUT2D eigenvalue weighted by atomic mass is 10.0. The van der Waals surface area contributed by atoms with Crippen molar-refractivity contribution < 1.29 is 14.3 Å². The van der Waals surface area contributed by atoms with E-state index in [2.05, 4.69) is 10.2 Å². The van der Waals surface area contributed by atoms with Gasteiger partial charge < -0.3 is 14.8 Å². The van der Waals surface area contributed by atoms with Crippen molar-refractivity contribution >= 4 is 17.5 Å².